The van der Waals surface area contributed by atoms with Crippen LogP contribution in [0, 0.1) is 3.57 Å². The highest BCUT2D eigenvalue weighted by molar-refractivity contribution is 14.1. The van der Waals surface area contributed by atoms with Crippen LogP contribution in [0.1, 0.15) is 0 Å². The number of hydrogen-bond donors (Lipinski definition) is 0. The summed E-state index contributed by atoms with van der Waals surface area (Å²) in [4.78, 5) is 0. The van der Waals surface area contributed by atoms with Crippen molar-refractivity contribution in [2.45, 2.75) is 39.3 Å². The molecule has 0 fully saturated rings. The molecule has 0 heterocycles. The van der Waals surface area contributed by atoms with E-state index in [9.17, 15) is 0 Å². The zero-order valence-electron chi connectivity index (χ0n) is 10.9. The lowest BCUT2D eigenvalue weighted by Crippen LogP contribution is -2.45. The molecule has 0 aliphatic heterocycles. The SMILES string of the molecule is C[Si](C)(C)c1cc(I)c([Si](C)(C)C)cc1Br. The standard InChI is InChI=1S/C12H20BrISi2/c1-15(2,3)11-8-10(14)12(7-9(11)13)16(4,5)6/h7-8H,1-6H3. The molecular weight excluding hydrogens is 407 g/mol. The summed E-state index contributed by atoms with van der Waals surface area (Å²) in [5.41, 5.74) is 0. The van der Waals surface area contributed by atoms with Crippen LogP contribution in [0.25, 0.3) is 0 Å². The van der Waals surface area contributed by atoms with Gasteiger partial charge in [0.05, 0.1) is 16.1 Å². The predicted octanol–water partition coefficient (Wildman–Crippen LogP) is 4.14. The van der Waals surface area contributed by atoms with Crippen molar-refractivity contribution in [3.8, 4) is 0 Å². The van der Waals surface area contributed by atoms with E-state index in [2.05, 4.69) is 89.9 Å². The van der Waals surface area contributed by atoms with Crippen LogP contribution in [-0.2, 0) is 0 Å². The van der Waals surface area contributed by atoms with Gasteiger partial charge in [-0.15, -0.1) is 0 Å². The van der Waals surface area contributed by atoms with Gasteiger partial charge in [-0.25, -0.2) is 0 Å². The minimum atomic E-state index is -1.23. The molecule has 0 aromatic heterocycles. The minimum Gasteiger partial charge on any atom is -0.0656 e. The molecule has 0 unspecified atom stereocenters. The van der Waals surface area contributed by atoms with Crippen LogP contribution >= 0.6 is 38.5 Å². The molecule has 0 aliphatic rings. The Kier molecular flexibility index (Phi) is 4.53. The molecule has 0 amide bonds. The Balaban J connectivity index is 3.40. The molecule has 0 N–H and O–H groups in total. The van der Waals surface area contributed by atoms with Crippen LogP contribution in [0.4, 0.5) is 0 Å². The molecule has 0 atom stereocenters. The normalized spacial score (nSPS) is 13.0. The molecule has 0 spiro atoms. The van der Waals surface area contributed by atoms with Gasteiger partial charge < -0.3 is 0 Å². The highest BCUT2D eigenvalue weighted by atomic mass is 127. The number of rotatable bonds is 2. The molecule has 1 rings (SSSR count). The van der Waals surface area contributed by atoms with E-state index in [1.54, 1.807) is 10.4 Å². The minimum absolute atomic E-state index is 1.21. The molecular formula is C12H20BrISi2. The van der Waals surface area contributed by atoms with Gasteiger partial charge in [-0.3, -0.25) is 0 Å². The summed E-state index contributed by atoms with van der Waals surface area (Å²) in [6, 6.07) is 4.78. The van der Waals surface area contributed by atoms with Crippen molar-refractivity contribution in [3.63, 3.8) is 0 Å². The van der Waals surface area contributed by atoms with E-state index >= 15 is 0 Å². The van der Waals surface area contributed by atoms with E-state index in [1.165, 1.54) is 8.04 Å². The van der Waals surface area contributed by atoms with Crippen LogP contribution < -0.4 is 10.4 Å². The molecule has 0 bridgehead atoms. The fourth-order valence-electron chi connectivity index (χ4n) is 1.70. The average molecular weight is 427 g/mol. The third-order valence-corrected chi connectivity index (χ3v) is 9.16. The first-order chi connectivity index (χ1) is 7.03. The summed E-state index contributed by atoms with van der Waals surface area (Å²) in [6.07, 6.45) is 0. The monoisotopic (exact) mass is 426 g/mol. The maximum absolute atomic E-state index is 3.76. The first kappa shape index (κ1) is 14.9. The van der Waals surface area contributed by atoms with E-state index < -0.39 is 16.1 Å². The van der Waals surface area contributed by atoms with Crippen molar-refractivity contribution in [3.05, 3.63) is 20.2 Å². The molecule has 4 heteroatoms. The maximum Gasteiger partial charge on any atom is 0.0791 e. The summed E-state index contributed by atoms with van der Waals surface area (Å²) in [5, 5.41) is 3.11. The Hall–Kier alpha value is 0.864. The molecule has 0 aliphatic carbocycles. The molecule has 0 nitrogen and oxygen atoms in total. The van der Waals surface area contributed by atoms with Gasteiger partial charge in [0.1, 0.15) is 0 Å². The molecule has 0 radical (unpaired) electrons. The van der Waals surface area contributed by atoms with E-state index in [-0.39, 0.29) is 0 Å². The van der Waals surface area contributed by atoms with Crippen molar-refractivity contribution < 1.29 is 0 Å². The van der Waals surface area contributed by atoms with Crippen LogP contribution in [-0.4, -0.2) is 16.1 Å². The van der Waals surface area contributed by atoms with Crippen molar-refractivity contribution in [2.24, 2.45) is 0 Å². The fraction of sp³-hybridized carbons (Fsp3) is 0.500. The van der Waals surface area contributed by atoms with Gasteiger partial charge in [0.15, 0.2) is 0 Å². The largest absolute Gasteiger partial charge is 0.0791 e. The summed E-state index contributed by atoms with van der Waals surface area (Å²) in [5.74, 6) is 0. The fourth-order valence-corrected chi connectivity index (χ4v) is 9.96. The third-order valence-electron chi connectivity index (χ3n) is 2.67. The van der Waals surface area contributed by atoms with Gasteiger partial charge in [-0.05, 0) is 45.1 Å². The summed E-state index contributed by atoms with van der Waals surface area (Å²) < 4.78 is 2.78. The van der Waals surface area contributed by atoms with Crippen LogP contribution in [0.2, 0.25) is 39.3 Å². The lowest BCUT2D eigenvalue weighted by molar-refractivity contribution is 1.60. The van der Waals surface area contributed by atoms with Crippen LogP contribution in [0.3, 0.4) is 0 Å². The summed E-state index contributed by atoms with van der Waals surface area (Å²) >= 11 is 6.27. The van der Waals surface area contributed by atoms with Crippen molar-refractivity contribution in [1.29, 1.82) is 0 Å². The first-order valence-electron chi connectivity index (χ1n) is 5.53. The molecule has 16 heavy (non-hydrogen) atoms. The second-order valence-corrected chi connectivity index (χ2v) is 18.4. The van der Waals surface area contributed by atoms with Gasteiger partial charge in [0.25, 0.3) is 0 Å². The van der Waals surface area contributed by atoms with Crippen LogP contribution in [0.5, 0.6) is 0 Å². The maximum atomic E-state index is 3.76. The van der Waals surface area contributed by atoms with Crippen molar-refractivity contribution in [1.82, 2.24) is 0 Å². The van der Waals surface area contributed by atoms with Crippen molar-refractivity contribution >= 4 is 65.0 Å². The van der Waals surface area contributed by atoms with E-state index in [0.717, 1.165) is 0 Å². The van der Waals surface area contributed by atoms with Gasteiger partial charge in [-0.2, -0.15) is 0 Å². The number of halogens is 2. The zero-order chi connectivity index (χ0) is 12.7. The van der Waals surface area contributed by atoms with Gasteiger partial charge in [0, 0.05) is 8.04 Å². The highest BCUT2D eigenvalue weighted by Crippen LogP contribution is 2.18. The Morgan fingerprint density at radius 2 is 1.31 bits per heavy atom. The smallest absolute Gasteiger partial charge is 0.0656 e. The molecule has 0 saturated heterocycles. The first-order valence-corrected chi connectivity index (χ1v) is 14.4. The summed E-state index contributed by atoms with van der Waals surface area (Å²) in [6.45, 7) is 14.4. The topological polar surface area (TPSA) is 0 Å². The quantitative estimate of drug-likeness (QED) is 0.492. The summed E-state index contributed by atoms with van der Waals surface area (Å²) in [7, 11) is -2.44. The number of benzene rings is 1. The lowest BCUT2D eigenvalue weighted by Gasteiger charge is -2.24. The van der Waals surface area contributed by atoms with Crippen molar-refractivity contribution in [2.75, 3.05) is 0 Å². The number of hydrogen-bond acceptors (Lipinski definition) is 0. The Morgan fingerprint density at radius 3 is 1.69 bits per heavy atom. The Labute approximate surface area is 124 Å². The molecule has 90 valence electrons. The second kappa shape index (κ2) is 4.86. The third kappa shape index (κ3) is 3.43. The van der Waals surface area contributed by atoms with E-state index in [1.807, 2.05) is 0 Å². The lowest BCUT2D eigenvalue weighted by atomic mass is 10.4. The molecule has 1 aromatic rings. The molecule has 1 aromatic carbocycles. The van der Waals surface area contributed by atoms with E-state index in [4.69, 9.17) is 0 Å². The zero-order valence-corrected chi connectivity index (χ0v) is 16.7. The van der Waals surface area contributed by atoms with Gasteiger partial charge in [0.2, 0.25) is 0 Å². The van der Waals surface area contributed by atoms with Gasteiger partial charge in [-0.1, -0.05) is 55.2 Å². The predicted molar refractivity (Wildman–Crippen MR) is 92.8 cm³/mol. The average Bonchev–Trinajstić information content (AvgIpc) is 2.04. The van der Waals surface area contributed by atoms with E-state index in [0.29, 0.717) is 0 Å². The van der Waals surface area contributed by atoms with Crippen LogP contribution in [0.15, 0.2) is 16.6 Å². The Morgan fingerprint density at radius 1 is 0.875 bits per heavy atom. The van der Waals surface area contributed by atoms with Gasteiger partial charge >= 0.3 is 0 Å². The Bertz CT molecular complexity index is 363. The second-order valence-electron chi connectivity index (χ2n) is 6.31. The molecule has 0 saturated carbocycles. The highest BCUT2D eigenvalue weighted by Gasteiger charge is 2.25.